The van der Waals surface area contributed by atoms with Gasteiger partial charge < -0.3 is 15.4 Å². The molecule has 0 aliphatic heterocycles. The lowest BCUT2D eigenvalue weighted by molar-refractivity contribution is -0.127. The molecule has 1 atom stereocenters. The number of benzene rings is 1. The van der Waals surface area contributed by atoms with Crippen LogP contribution < -0.4 is 10.6 Å². The molecule has 244 valence electrons. The lowest BCUT2D eigenvalue weighted by atomic mass is 9.88. The van der Waals surface area contributed by atoms with Crippen molar-refractivity contribution >= 4 is 38.4 Å². The lowest BCUT2D eigenvalue weighted by Crippen LogP contribution is -2.51. The van der Waals surface area contributed by atoms with Crippen molar-refractivity contribution in [3.63, 3.8) is 0 Å². The van der Waals surface area contributed by atoms with Crippen LogP contribution in [0.4, 0.5) is 5.69 Å². The Morgan fingerprint density at radius 3 is 2.27 bits per heavy atom. The largest absolute Gasteiger partial charge is 0.360 e. The van der Waals surface area contributed by atoms with E-state index in [1.54, 1.807) is 18.0 Å². The van der Waals surface area contributed by atoms with Gasteiger partial charge in [0.25, 0.3) is 5.91 Å². The number of ether oxygens (including phenoxy) is 1. The highest BCUT2D eigenvalue weighted by Gasteiger charge is 2.48. The first-order chi connectivity index (χ1) is 21.4. The summed E-state index contributed by atoms with van der Waals surface area (Å²) in [6.45, 7) is 23.5. The topological polar surface area (TPSA) is 101 Å². The number of carbonyl (C=O) groups excluding carboxylic acids is 2. The zero-order valence-electron chi connectivity index (χ0n) is 28.2. The SMILES string of the molecule is C=Cc1c(-c2ccc(NC(=O)[C@@H](NC(=O)/C(=C/C)N(N=C)C(C)C)C(C3CC3)C3CC3)cc2)c(C)nn1COCC[Si](C)(C)C. The summed E-state index contributed by atoms with van der Waals surface area (Å²) in [4.78, 5) is 27.5. The van der Waals surface area contributed by atoms with Crippen molar-refractivity contribution in [1.82, 2.24) is 20.1 Å². The maximum Gasteiger partial charge on any atom is 0.269 e. The summed E-state index contributed by atoms with van der Waals surface area (Å²) in [5.74, 6) is 0.533. The van der Waals surface area contributed by atoms with Gasteiger partial charge in [-0.05, 0) is 101 Å². The summed E-state index contributed by atoms with van der Waals surface area (Å²) < 4.78 is 7.83. The molecule has 2 aliphatic carbocycles. The van der Waals surface area contributed by atoms with E-state index in [4.69, 9.17) is 9.84 Å². The predicted molar refractivity (Wildman–Crippen MR) is 186 cm³/mol. The van der Waals surface area contributed by atoms with Gasteiger partial charge in [-0.3, -0.25) is 14.6 Å². The Balaban J connectivity index is 1.50. The number of nitrogens with zero attached hydrogens (tertiary/aromatic N) is 4. The molecule has 2 fully saturated rings. The molecule has 1 aromatic heterocycles. The van der Waals surface area contributed by atoms with Gasteiger partial charge >= 0.3 is 0 Å². The Morgan fingerprint density at radius 2 is 1.78 bits per heavy atom. The molecular weight excluding hydrogens is 581 g/mol. The third-order valence-corrected chi connectivity index (χ3v) is 10.4. The molecule has 45 heavy (non-hydrogen) atoms. The molecule has 1 heterocycles. The van der Waals surface area contributed by atoms with Gasteiger partial charge in [-0.1, -0.05) is 44.4 Å². The van der Waals surface area contributed by atoms with E-state index >= 15 is 0 Å². The van der Waals surface area contributed by atoms with Gasteiger partial charge in [0, 0.05) is 38.7 Å². The summed E-state index contributed by atoms with van der Waals surface area (Å²) >= 11 is 0. The molecular formula is C35H52N6O3Si. The lowest BCUT2D eigenvalue weighted by Gasteiger charge is -2.30. The summed E-state index contributed by atoms with van der Waals surface area (Å²) in [6, 6.07) is 8.20. The van der Waals surface area contributed by atoms with Crippen LogP contribution in [0.2, 0.25) is 25.7 Å². The fraction of sp³-hybridized carbons (Fsp3) is 0.543. The zero-order chi connectivity index (χ0) is 32.9. The predicted octanol–water partition coefficient (Wildman–Crippen LogP) is 6.90. The average Bonchev–Trinajstić information content (AvgIpc) is 3.92. The summed E-state index contributed by atoms with van der Waals surface area (Å²) in [5, 5.41) is 16.6. The fourth-order valence-electron chi connectivity index (χ4n) is 6.06. The Kier molecular flexibility index (Phi) is 11.2. The molecule has 2 aliphatic rings. The molecule has 2 saturated carbocycles. The van der Waals surface area contributed by atoms with Crippen LogP contribution in [0.1, 0.15) is 57.8 Å². The number of allylic oxidation sites excluding steroid dienone is 1. The minimum atomic E-state index is -1.17. The highest BCUT2D eigenvalue weighted by atomic mass is 28.3. The minimum Gasteiger partial charge on any atom is -0.360 e. The van der Waals surface area contributed by atoms with Gasteiger partial charge in [0.15, 0.2) is 0 Å². The van der Waals surface area contributed by atoms with Crippen LogP contribution in [-0.2, 0) is 21.1 Å². The van der Waals surface area contributed by atoms with E-state index in [1.165, 1.54) is 0 Å². The highest BCUT2D eigenvalue weighted by molar-refractivity contribution is 6.76. The van der Waals surface area contributed by atoms with Crippen molar-refractivity contribution in [3.8, 4) is 11.1 Å². The number of hydrazone groups is 1. The molecule has 2 N–H and O–H groups in total. The van der Waals surface area contributed by atoms with Gasteiger partial charge in [-0.15, -0.1) is 0 Å². The average molecular weight is 633 g/mol. The molecule has 0 spiro atoms. The van der Waals surface area contributed by atoms with Crippen molar-refractivity contribution in [2.24, 2.45) is 22.9 Å². The van der Waals surface area contributed by atoms with E-state index in [1.807, 2.05) is 55.8 Å². The number of nitrogens with one attached hydrogen (secondary N) is 2. The van der Waals surface area contributed by atoms with Crippen LogP contribution in [0.3, 0.4) is 0 Å². The van der Waals surface area contributed by atoms with Gasteiger partial charge in [-0.25, -0.2) is 4.68 Å². The fourth-order valence-corrected chi connectivity index (χ4v) is 6.82. The van der Waals surface area contributed by atoms with E-state index in [9.17, 15) is 9.59 Å². The molecule has 10 heteroatoms. The van der Waals surface area contributed by atoms with Crippen molar-refractivity contribution < 1.29 is 14.3 Å². The van der Waals surface area contributed by atoms with Crippen LogP contribution in [0.15, 0.2) is 47.7 Å². The zero-order valence-corrected chi connectivity index (χ0v) is 29.2. The number of amides is 2. The first-order valence-corrected chi connectivity index (χ1v) is 20.0. The molecule has 2 aromatic rings. The van der Waals surface area contributed by atoms with E-state index < -0.39 is 14.1 Å². The van der Waals surface area contributed by atoms with Gasteiger partial charge in [0.1, 0.15) is 18.5 Å². The third-order valence-electron chi connectivity index (χ3n) is 8.69. The van der Waals surface area contributed by atoms with Crippen molar-refractivity contribution in [2.45, 2.75) is 97.9 Å². The van der Waals surface area contributed by atoms with Crippen LogP contribution in [0, 0.1) is 24.7 Å². The first kappa shape index (κ1) is 34.4. The van der Waals surface area contributed by atoms with Crippen LogP contribution >= 0.6 is 0 Å². The Bertz CT molecular complexity index is 1390. The smallest absolute Gasteiger partial charge is 0.269 e. The number of aromatic nitrogens is 2. The van der Waals surface area contributed by atoms with Crippen molar-refractivity contribution in [1.29, 1.82) is 0 Å². The molecule has 4 rings (SSSR count). The Labute approximate surface area is 270 Å². The maximum atomic E-state index is 13.9. The number of aryl methyl sites for hydroxylation is 1. The molecule has 0 radical (unpaired) electrons. The van der Waals surface area contributed by atoms with Crippen LogP contribution in [0.25, 0.3) is 17.2 Å². The Hall–Kier alpha value is -3.50. The van der Waals surface area contributed by atoms with Gasteiger partial charge in [-0.2, -0.15) is 10.2 Å². The number of anilines is 1. The molecule has 0 unspecified atom stereocenters. The Morgan fingerprint density at radius 1 is 1.16 bits per heavy atom. The molecule has 2 amide bonds. The van der Waals surface area contributed by atoms with Crippen molar-refractivity contribution in [2.75, 3.05) is 11.9 Å². The van der Waals surface area contributed by atoms with Gasteiger partial charge in [0.05, 0.1) is 11.4 Å². The van der Waals surface area contributed by atoms with Gasteiger partial charge in [0.2, 0.25) is 5.91 Å². The maximum absolute atomic E-state index is 13.9. The monoisotopic (exact) mass is 632 g/mol. The molecule has 0 bridgehead atoms. The number of rotatable bonds is 17. The minimum absolute atomic E-state index is 0.0484. The van der Waals surface area contributed by atoms with Crippen LogP contribution in [-0.4, -0.2) is 60.1 Å². The number of hydrogen-bond acceptors (Lipinski definition) is 6. The molecule has 9 nitrogen and oxygen atoms in total. The number of carbonyl (C=O) groups is 2. The van der Waals surface area contributed by atoms with E-state index in [0.29, 0.717) is 30.0 Å². The standard InChI is InChI=1S/C35H52N6O3Si/c1-10-29-31(24(5)39-40(29)22-44-20-21-45(7,8)9)25-16-18-28(19-17-25)37-35(43)33(32(26-12-13-26)27-14-15-27)38-34(42)30(11-2)41(36-6)23(3)4/h10-11,16-19,23,26-27,32-33H,1,6,12-15,20-22H2,2-5,7-9H3,(H,37,43)(H,38,42)/b30-11-/t33-/m0/s1. The highest BCUT2D eigenvalue weighted by Crippen LogP contribution is 2.51. The van der Waals surface area contributed by atoms with Crippen molar-refractivity contribution in [3.05, 3.63) is 54.0 Å². The second kappa shape index (κ2) is 14.7. The summed E-state index contributed by atoms with van der Waals surface area (Å²) in [7, 11) is -1.17. The summed E-state index contributed by atoms with van der Waals surface area (Å²) in [5.41, 5.74) is 4.84. The molecule has 1 aromatic carbocycles. The molecule has 0 saturated heterocycles. The summed E-state index contributed by atoms with van der Waals surface area (Å²) in [6.07, 6.45) is 7.93. The van der Waals surface area contributed by atoms with E-state index in [2.05, 4.69) is 48.7 Å². The second-order valence-corrected chi connectivity index (χ2v) is 19.5. The second-order valence-electron chi connectivity index (χ2n) is 13.9. The van der Waals surface area contributed by atoms with E-state index in [0.717, 1.165) is 60.8 Å². The quantitative estimate of drug-likeness (QED) is 0.0650. The van der Waals surface area contributed by atoms with E-state index in [-0.39, 0.29) is 23.8 Å². The normalized spacial score (nSPS) is 16.1. The third kappa shape index (κ3) is 8.82. The first-order valence-electron chi connectivity index (χ1n) is 16.3. The van der Waals surface area contributed by atoms with Crippen LogP contribution in [0.5, 0.6) is 0 Å². The number of hydrogen-bond donors (Lipinski definition) is 2.